The number of ether oxygens (including phenoxy) is 1. The Morgan fingerprint density at radius 2 is 1.62 bits per heavy atom. The van der Waals surface area contributed by atoms with Gasteiger partial charge in [0.05, 0.1) is 0 Å². The zero-order valence-electron chi connectivity index (χ0n) is 13.2. The number of hydrogen-bond acceptors (Lipinski definition) is 3. The van der Waals surface area contributed by atoms with Crippen LogP contribution in [0, 0.1) is 29.1 Å². The van der Waals surface area contributed by atoms with E-state index in [9.17, 15) is 14.7 Å². The van der Waals surface area contributed by atoms with Crippen molar-refractivity contribution in [2.75, 3.05) is 0 Å². The highest BCUT2D eigenvalue weighted by Gasteiger charge is 2.58. The number of hydrogen-bond donors (Lipinski definition) is 1. The monoisotopic (exact) mass is 294 g/mol. The molecule has 0 aliphatic heterocycles. The molecular weight excluding hydrogens is 268 g/mol. The summed E-state index contributed by atoms with van der Waals surface area (Å²) in [4.78, 5) is 24.0. The van der Waals surface area contributed by atoms with E-state index >= 15 is 0 Å². The van der Waals surface area contributed by atoms with E-state index < -0.39 is 23.0 Å². The molecule has 4 nitrogen and oxygen atoms in total. The van der Waals surface area contributed by atoms with Gasteiger partial charge in [0.2, 0.25) is 0 Å². The van der Waals surface area contributed by atoms with Gasteiger partial charge in [0.1, 0.15) is 5.60 Å². The molecule has 4 aliphatic rings. The molecule has 0 saturated heterocycles. The molecule has 1 atom stereocenters. The minimum absolute atomic E-state index is 0.262. The van der Waals surface area contributed by atoms with Crippen molar-refractivity contribution < 1.29 is 19.4 Å². The van der Waals surface area contributed by atoms with Crippen molar-refractivity contribution in [3.8, 4) is 0 Å². The van der Waals surface area contributed by atoms with Crippen molar-refractivity contribution in [1.29, 1.82) is 0 Å². The Hall–Kier alpha value is -1.06. The summed E-state index contributed by atoms with van der Waals surface area (Å²) in [5.74, 6) is 0.822. The van der Waals surface area contributed by atoms with Crippen LogP contribution in [0.15, 0.2) is 0 Å². The maximum absolute atomic E-state index is 12.5. The summed E-state index contributed by atoms with van der Waals surface area (Å²) in [6, 6.07) is 0. The van der Waals surface area contributed by atoms with Crippen molar-refractivity contribution in [2.24, 2.45) is 29.1 Å². The second-order valence-corrected chi connectivity index (χ2v) is 7.87. The quantitative estimate of drug-likeness (QED) is 0.638. The molecule has 4 heteroatoms. The van der Waals surface area contributed by atoms with Gasteiger partial charge in [0.25, 0.3) is 0 Å². The number of aliphatic carboxylic acids is 1. The van der Waals surface area contributed by atoms with Gasteiger partial charge in [0, 0.05) is 0 Å². The Morgan fingerprint density at radius 1 is 1.14 bits per heavy atom. The summed E-state index contributed by atoms with van der Waals surface area (Å²) in [7, 11) is 0. The molecule has 21 heavy (non-hydrogen) atoms. The van der Waals surface area contributed by atoms with Gasteiger partial charge in [-0.25, -0.2) is 0 Å². The minimum Gasteiger partial charge on any atom is -0.480 e. The van der Waals surface area contributed by atoms with Crippen LogP contribution in [0.25, 0.3) is 0 Å². The third kappa shape index (κ3) is 2.09. The Labute approximate surface area is 126 Å². The number of carboxylic acids is 1. The average Bonchev–Trinajstić information content (AvgIpc) is 2.43. The van der Waals surface area contributed by atoms with Crippen LogP contribution in [0.5, 0.6) is 0 Å². The topological polar surface area (TPSA) is 63.6 Å². The van der Waals surface area contributed by atoms with Crippen LogP contribution in [0.4, 0.5) is 0 Å². The molecule has 4 bridgehead atoms. The van der Waals surface area contributed by atoms with Gasteiger partial charge in [-0.3, -0.25) is 9.59 Å². The lowest BCUT2D eigenvalue weighted by Gasteiger charge is -2.59. The standard InChI is InChI=1S/C17H26O4/c1-4-16(2,14(18)19)15(20)21-17(3)12-6-10-5-11(8-12)9-13(17)7-10/h10-13H,4-9H2,1-3H3,(H,18,19). The molecule has 1 N–H and O–H groups in total. The zero-order valence-corrected chi connectivity index (χ0v) is 13.2. The Kier molecular flexibility index (Phi) is 3.34. The lowest BCUT2D eigenvalue weighted by atomic mass is 9.50. The van der Waals surface area contributed by atoms with Crippen LogP contribution in [-0.2, 0) is 14.3 Å². The van der Waals surface area contributed by atoms with E-state index in [0.717, 1.165) is 37.5 Å². The summed E-state index contributed by atoms with van der Waals surface area (Å²) in [5, 5.41) is 9.37. The second kappa shape index (κ2) is 4.72. The first-order valence-electron chi connectivity index (χ1n) is 8.26. The van der Waals surface area contributed by atoms with Gasteiger partial charge in [-0.05, 0) is 76.0 Å². The Morgan fingerprint density at radius 3 is 2.00 bits per heavy atom. The third-order valence-electron chi connectivity index (χ3n) is 6.70. The lowest BCUT2D eigenvalue weighted by Crippen LogP contribution is -2.59. The summed E-state index contributed by atoms with van der Waals surface area (Å²) in [6.45, 7) is 5.27. The molecular formula is C17H26O4. The predicted octanol–water partition coefficient (Wildman–Crippen LogP) is 3.25. The SMILES string of the molecule is CCC(C)(C(=O)O)C(=O)OC1(C)C2CC3CC(C2)CC1C3. The molecule has 118 valence electrons. The largest absolute Gasteiger partial charge is 0.480 e. The number of carboxylic acid groups (broad SMARTS) is 1. The number of esters is 1. The minimum atomic E-state index is -1.42. The van der Waals surface area contributed by atoms with Crippen LogP contribution in [-0.4, -0.2) is 22.6 Å². The molecule has 0 aromatic carbocycles. The summed E-state index contributed by atoms with van der Waals surface area (Å²) < 4.78 is 5.91. The van der Waals surface area contributed by atoms with Crippen molar-refractivity contribution >= 4 is 11.9 Å². The van der Waals surface area contributed by atoms with Crippen LogP contribution in [0.3, 0.4) is 0 Å². The van der Waals surface area contributed by atoms with Crippen LogP contribution in [0.2, 0.25) is 0 Å². The molecule has 1 unspecified atom stereocenters. The molecule has 0 aromatic heterocycles. The first-order valence-corrected chi connectivity index (χ1v) is 8.26. The first-order chi connectivity index (χ1) is 9.79. The smallest absolute Gasteiger partial charge is 0.323 e. The molecule has 0 amide bonds. The summed E-state index contributed by atoms with van der Waals surface area (Å²) in [6.07, 6.45) is 6.19. The maximum atomic E-state index is 12.5. The normalized spacial score (nSPS) is 43.4. The fourth-order valence-corrected chi connectivity index (χ4v) is 4.98. The van der Waals surface area contributed by atoms with E-state index in [-0.39, 0.29) is 6.42 Å². The van der Waals surface area contributed by atoms with Gasteiger partial charge < -0.3 is 9.84 Å². The van der Waals surface area contributed by atoms with Crippen LogP contribution in [0.1, 0.15) is 59.3 Å². The van der Waals surface area contributed by atoms with E-state index in [1.54, 1.807) is 6.92 Å². The molecule has 4 fully saturated rings. The number of carbonyl (C=O) groups excluding carboxylic acids is 1. The van der Waals surface area contributed by atoms with Gasteiger partial charge in [0.15, 0.2) is 5.41 Å². The highest BCUT2D eigenvalue weighted by atomic mass is 16.6. The fourth-order valence-electron chi connectivity index (χ4n) is 4.98. The van der Waals surface area contributed by atoms with E-state index in [2.05, 4.69) is 6.92 Å². The predicted molar refractivity (Wildman–Crippen MR) is 77.6 cm³/mol. The van der Waals surface area contributed by atoms with Gasteiger partial charge in [-0.2, -0.15) is 0 Å². The molecule has 4 rings (SSSR count). The third-order valence-corrected chi connectivity index (χ3v) is 6.70. The fraction of sp³-hybridized carbons (Fsp3) is 0.882. The zero-order chi connectivity index (χ0) is 15.4. The van der Waals surface area contributed by atoms with Crippen molar-refractivity contribution in [1.82, 2.24) is 0 Å². The van der Waals surface area contributed by atoms with E-state index in [4.69, 9.17) is 4.74 Å². The molecule has 0 aromatic rings. The lowest BCUT2D eigenvalue weighted by molar-refractivity contribution is -0.213. The first kappa shape index (κ1) is 14.9. The summed E-state index contributed by atoms with van der Waals surface area (Å²) in [5.41, 5.74) is -1.87. The van der Waals surface area contributed by atoms with Crippen molar-refractivity contribution in [2.45, 2.75) is 64.9 Å². The maximum Gasteiger partial charge on any atom is 0.323 e. The van der Waals surface area contributed by atoms with Crippen LogP contribution >= 0.6 is 0 Å². The average molecular weight is 294 g/mol. The van der Waals surface area contributed by atoms with E-state index in [1.165, 1.54) is 13.3 Å². The van der Waals surface area contributed by atoms with E-state index in [1.807, 2.05) is 0 Å². The van der Waals surface area contributed by atoms with E-state index in [0.29, 0.717) is 11.8 Å². The van der Waals surface area contributed by atoms with Gasteiger partial charge >= 0.3 is 11.9 Å². The molecule has 4 saturated carbocycles. The molecule has 4 aliphatic carbocycles. The molecule has 0 heterocycles. The molecule has 0 spiro atoms. The second-order valence-electron chi connectivity index (χ2n) is 7.87. The van der Waals surface area contributed by atoms with Crippen molar-refractivity contribution in [3.63, 3.8) is 0 Å². The summed E-state index contributed by atoms with van der Waals surface area (Å²) >= 11 is 0. The number of carbonyl (C=O) groups is 2. The highest BCUT2D eigenvalue weighted by Crippen LogP contribution is 2.59. The number of rotatable bonds is 4. The Bertz CT molecular complexity index is 441. The van der Waals surface area contributed by atoms with Gasteiger partial charge in [-0.1, -0.05) is 6.92 Å². The van der Waals surface area contributed by atoms with Crippen LogP contribution < -0.4 is 0 Å². The van der Waals surface area contributed by atoms with Gasteiger partial charge in [-0.15, -0.1) is 0 Å². The Balaban J connectivity index is 1.81. The molecule has 0 radical (unpaired) electrons. The van der Waals surface area contributed by atoms with Crippen molar-refractivity contribution in [3.05, 3.63) is 0 Å². The highest BCUT2D eigenvalue weighted by molar-refractivity contribution is 5.98.